The van der Waals surface area contributed by atoms with E-state index in [0.29, 0.717) is 5.89 Å². The van der Waals surface area contributed by atoms with Crippen LogP contribution in [0.1, 0.15) is 28.5 Å². The van der Waals surface area contributed by atoms with Crippen molar-refractivity contribution in [3.63, 3.8) is 0 Å². The van der Waals surface area contributed by atoms with Crippen molar-refractivity contribution in [1.82, 2.24) is 4.98 Å². The van der Waals surface area contributed by atoms with Gasteiger partial charge in [-0.3, -0.25) is 0 Å². The van der Waals surface area contributed by atoms with E-state index in [1.165, 1.54) is 53.6 Å². The van der Waals surface area contributed by atoms with Crippen LogP contribution in [0.4, 0.5) is 17.1 Å². The van der Waals surface area contributed by atoms with Crippen LogP contribution < -0.4 is 4.90 Å². The highest BCUT2D eigenvalue weighted by atomic mass is 32.1. The average Bonchev–Trinajstić information content (AvgIpc) is 3.86. The number of nitrogens with zero attached hydrogens (tertiary/aromatic N) is 2. The summed E-state index contributed by atoms with van der Waals surface area (Å²) in [6, 6.07) is 61.1. The van der Waals surface area contributed by atoms with E-state index in [4.69, 9.17) is 9.40 Å². The van der Waals surface area contributed by atoms with Gasteiger partial charge in [0, 0.05) is 48.7 Å². The van der Waals surface area contributed by atoms with Crippen LogP contribution in [0.3, 0.4) is 0 Å². The SMILES string of the molecule is C1=CC2C=Cc3nc(-c4ccccc4)oc3C2c2cc(-c3ccc(N(c4ccc(-c5ccccc5)cc4)c4ccc5c(c4)sc4ccccc45)cc3)ccc21. The monoisotopic (exact) mass is 722 g/mol. The molecule has 0 bridgehead atoms. The Balaban J connectivity index is 0.968. The predicted molar refractivity (Wildman–Crippen MR) is 230 cm³/mol. The highest BCUT2D eigenvalue weighted by molar-refractivity contribution is 7.25. The zero-order chi connectivity index (χ0) is 36.3. The Labute approximate surface area is 323 Å². The molecule has 0 fully saturated rings. The van der Waals surface area contributed by atoms with Crippen molar-refractivity contribution in [1.29, 1.82) is 0 Å². The predicted octanol–water partition coefficient (Wildman–Crippen LogP) is 14.3. The topological polar surface area (TPSA) is 29.3 Å². The molecule has 2 aromatic heterocycles. The molecule has 2 heterocycles. The van der Waals surface area contributed by atoms with Crippen molar-refractivity contribution < 1.29 is 4.42 Å². The van der Waals surface area contributed by atoms with Gasteiger partial charge < -0.3 is 9.32 Å². The molecule has 0 aliphatic heterocycles. The number of fused-ring (bicyclic) bond motifs is 8. The Morgan fingerprint density at radius 1 is 0.491 bits per heavy atom. The third-order valence-electron chi connectivity index (χ3n) is 11.1. The normalized spacial score (nSPS) is 15.5. The summed E-state index contributed by atoms with van der Waals surface area (Å²) in [5, 5.41) is 2.61. The van der Waals surface area contributed by atoms with Crippen LogP contribution in [0, 0.1) is 5.92 Å². The Hall–Kier alpha value is -6.75. The lowest BCUT2D eigenvalue weighted by molar-refractivity contribution is 0.465. The molecule has 0 spiro atoms. The Kier molecular flexibility index (Phi) is 7.49. The average molecular weight is 723 g/mol. The highest BCUT2D eigenvalue weighted by Gasteiger charge is 2.35. The molecule has 2 aliphatic rings. The molecule has 260 valence electrons. The lowest BCUT2D eigenvalue weighted by Crippen LogP contribution is -2.18. The van der Waals surface area contributed by atoms with Gasteiger partial charge >= 0.3 is 0 Å². The van der Waals surface area contributed by atoms with Crippen molar-refractivity contribution in [2.45, 2.75) is 5.92 Å². The van der Waals surface area contributed by atoms with Gasteiger partial charge in [0.05, 0.1) is 5.92 Å². The quantitative estimate of drug-likeness (QED) is 0.171. The third-order valence-corrected chi connectivity index (χ3v) is 12.2. The highest BCUT2D eigenvalue weighted by Crippen LogP contribution is 2.47. The number of rotatable bonds is 6. The van der Waals surface area contributed by atoms with E-state index < -0.39 is 0 Å². The standard InChI is InChI=1S/C51H34N2OS/c1-3-9-33(10-4-1)34-19-24-40(25-20-34)53(42-28-29-44-43-13-7-8-14-47(43)55-48(44)32-42)41-26-21-35(22-27-41)39-18-16-36-15-17-37-23-30-46-50(49(37)45(36)31-39)54-51(52-46)38-11-5-2-6-12-38/h1-32,37,49H. The van der Waals surface area contributed by atoms with Crippen LogP contribution >= 0.6 is 11.3 Å². The van der Waals surface area contributed by atoms with E-state index in [9.17, 15) is 0 Å². The molecule has 0 amide bonds. The van der Waals surface area contributed by atoms with E-state index >= 15 is 0 Å². The second kappa shape index (κ2) is 13.0. The van der Waals surface area contributed by atoms with Gasteiger partial charge in [0.2, 0.25) is 5.89 Å². The molecule has 11 rings (SSSR count). The van der Waals surface area contributed by atoms with Gasteiger partial charge in [0.1, 0.15) is 11.5 Å². The fraction of sp³-hybridized carbons (Fsp3) is 0.0392. The van der Waals surface area contributed by atoms with E-state index in [1.54, 1.807) is 0 Å². The number of hydrogen-bond donors (Lipinski definition) is 0. The molecule has 2 aliphatic carbocycles. The molecule has 3 nitrogen and oxygen atoms in total. The Morgan fingerprint density at radius 3 is 1.85 bits per heavy atom. The molecule has 4 heteroatoms. The van der Waals surface area contributed by atoms with Gasteiger partial charge in [-0.1, -0.05) is 127 Å². The summed E-state index contributed by atoms with van der Waals surface area (Å²) in [7, 11) is 0. The van der Waals surface area contributed by atoms with Gasteiger partial charge in [-0.05, 0) is 100 Å². The lowest BCUT2D eigenvalue weighted by Gasteiger charge is -2.29. The summed E-state index contributed by atoms with van der Waals surface area (Å²) in [4.78, 5) is 7.28. The molecule has 2 unspecified atom stereocenters. The number of oxazole rings is 1. The van der Waals surface area contributed by atoms with Crippen LogP contribution in [0.5, 0.6) is 0 Å². The molecule has 55 heavy (non-hydrogen) atoms. The van der Waals surface area contributed by atoms with Crippen molar-refractivity contribution in [3.8, 4) is 33.7 Å². The maximum absolute atomic E-state index is 6.57. The number of aromatic nitrogens is 1. The molecule has 2 atom stereocenters. The molecule has 0 saturated carbocycles. The zero-order valence-corrected chi connectivity index (χ0v) is 30.7. The number of benzene rings is 7. The zero-order valence-electron chi connectivity index (χ0n) is 29.8. The second-order valence-corrected chi connectivity index (χ2v) is 15.4. The molecule has 7 aromatic carbocycles. The van der Waals surface area contributed by atoms with Crippen LogP contribution in [0.2, 0.25) is 0 Å². The molecule has 0 N–H and O–H groups in total. The van der Waals surface area contributed by atoms with Crippen molar-refractivity contribution in [3.05, 3.63) is 205 Å². The first kappa shape index (κ1) is 31.7. The van der Waals surface area contributed by atoms with Crippen LogP contribution in [0.25, 0.3) is 66.0 Å². The Morgan fingerprint density at radius 2 is 1.09 bits per heavy atom. The van der Waals surface area contributed by atoms with Gasteiger partial charge in [0.25, 0.3) is 0 Å². The van der Waals surface area contributed by atoms with Crippen LogP contribution in [0.15, 0.2) is 186 Å². The molecule has 0 saturated heterocycles. The Bertz CT molecular complexity index is 2920. The van der Waals surface area contributed by atoms with Gasteiger partial charge in [-0.15, -0.1) is 11.3 Å². The van der Waals surface area contributed by atoms with Crippen molar-refractivity contribution in [2.75, 3.05) is 4.90 Å². The molecular weight excluding hydrogens is 689 g/mol. The number of anilines is 3. The minimum absolute atomic E-state index is 0.0716. The maximum Gasteiger partial charge on any atom is 0.226 e. The summed E-state index contributed by atoms with van der Waals surface area (Å²) >= 11 is 1.85. The van der Waals surface area contributed by atoms with Gasteiger partial charge in [0.15, 0.2) is 0 Å². The van der Waals surface area contributed by atoms with Crippen molar-refractivity contribution in [2.24, 2.45) is 5.92 Å². The lowest BCUT2D eigenvalue weighted by atomic mass is 9.74. The van der Waals surface area contributed by atoms with E-state index in [1.807, 2.05) is 29.5 Å². The van der Waals surface area contributed by atoms with E-state index in [-0.39, 0.29) is 11.8 Å². The van der Waals surface area contributed by atoms with Crippen molar-refractivity contribution >= 4 is 60.7 Å². The fourth-order valence-corrected chi connectivity index (χ4v) is 9.47. The smallest absolute Gasteiger partial charge is 0.226 e. The summed E-state index contributed by atoms with van der Waals surface area (Å²) in [5.41, 5.74) is 12.5. The first-order valence-electron chi connectivity index (χ1n) is 18.8. The molecule has 0 radical (unpaired) electrons. The first-order valence-corrected chi connectivity index (χ1v) is 19.6. The van der Waals surface area contributed by atoms with Gasteiger partial charge in [-0.25, -0.2) is 4.98 Å². The largest absolute Gasteiger partial charge is 0.440 e. The van der Waals surface area contributed by atoms with Gasteiger partial charge in [-0.2, -0.15) is 0 Å². The van der Waals surface area contributed by atoms with Crippen LogP contribution in [-0.4, -0.2) is 4.98 Å². The summed E-state index contributed by atoms with van der Waals surface area (Å²) in [5.74, 6) is 1.90. The second-order valence-electron chi connectivity index (χ2n) is 14.3. The number of hydrogen-bond acceptors (Lipinski definition) is 4. The first-order chi connectivity index (χ1) is 27.2. The third kappa shape index (κ3) is 5.53. The minimum Gasteiger partial charge on any atom is -0.440 e. The molecular formula is C51H34N2OS. The minimum atomic E-state index is 0.0716. The molecule has 9 aromatic rings. The fourth-order valence-electron chi connectivity index (χ4n) is 8.33. The van der Waals surface area contributed by atoms with Crippen LogP contribution in [-0.2, 0) is 0 Å². The number of allylic oxidation sites excluding steroid dienone is 2. The maximum atomic E-state index is 6.57. The van der Waals surface area contributed by atoms with E-state index in [2.05, 4.69) is 181 Å². The number of thiophene rings is 1. The summed E-state index contributed by atoms with van der Waals surface area (Å²) < 4.78 is 9.16. The summed E-state index contributed by atoms with van der Waals surface area (Å²) in [6.45, 7) is 0. The van der Waals surface area contributed by atoms with E-state index in [0.717, 1.165) is 34.1 Å². The summed E-state index contributed by atoms with van der Waals surface area (Å²) in [6.07, 6.45) is 8.93.